The zero-order valence-electron chi connectivity index (χ0n) is 15.9. The van der Waals surface area contributed by atoms with Crippen molar-refractivity contribution in [3.05, 3.63) is 24.1 Å². The van der Waals surface area contributed by atoms with Crippen LogP contribution in [0.25, 0.3) is 0 Å². The average Bonchev–Trinajstić information content (AvgIpc) is 3.34. The van der Waals surface area contributed by atoms with E-state index in [1.54, 1.807) is 19.3 Å². The van der Waals surface area contributed by atoms with Crippen molar-refractivity contribution in [2.24, 2.45) is 4.99 Å². The van der Waals surface area contributed by atoms with Gasteiger partial charge in [0.05, 0.1) is 12.7 Å². The van der Waals surface area contributed by atoms with Gasteiger partial charge >= 0.3 is 0 Å². The summed E-state index contributed by atoms with van der Waals surface area (Å²) in [5, 5.41) is 6.84. The number of nitrogens with one attached hydrogen (secondary N) is 2. The van der Waals surface area contributed by atoms with E-state index in [9.17, 15) is 4.39 Å². The van der Waals surface area contributed by atoms with E-state index < -0.39 is 0 Å². The van der Waals surface area contributed by atoms with Crippen LogP contribution in [-0.4, -0.2) is 80.4 Å². The molecule has 3 fully saturated rings. The smallest absolute Gasteiger partial charge is 0.191 e. The standard InChI is InChI=1S/C19H29FN6O/c1-21-19(23-10-16-12-25-8-3-4-15(25)13-27-16)24-14-6-9-26(11-14)18-17(20)5-2-7-22-18/h2,5,7,14-16H,3-4,6,8-13H2,1H3,(H2,21,23,24). The highest BCUT2D eigenvalue weighted by atomic mass is 19.1. The van der Waals surface area contributed by atoms with E-state index in [0.29, 0.717) is 18.4 Å². The molecule has 8 heteroatoms. The molecule has 3 aliphatic heterocycles. The third-order valence-electron chi connectivity index (χ3n) is 5.75. The van der Waals surface area contributed by atoms with Crippen molar-refractivity contribution in [1.82, 2.24) is 20.5 Å². The maximum atomic E-state index is 13.9. The summed E-state index contributed by atoms with van der Waals surface area (Å²) in [6.07, 6.45) is 5.30. The van der Waals surface area contributed by atoms with Gasteiger partial charge in [-0.05, 0) is 37.9 Å². The highest BCUT2D eigenvalue weighted by molar-refractivity contribution is 5.80. The third kappa shape index (κ3) is 4.32. The predicted octanol–water partition coefficient (Wildman–Crippen LogP) is 0.828. The van der Waals surface area contributed by atoms with Crippen molar-refractivity contribution in [3.8, 4) is 0 Å². The molecule has 27 heavy (non-hydrogen) atoms. The molecule has 2 N–H and O–H groups in total. The number of rotatable bonds is 4. The topological polar surface area (TPSA) is 65.0 Å². The van der Waals surface area contributed by atoms with Crippen LogP contribution < -0.4 is 15.5 Å². The molecule has 0 aliphatic carbocycles. The molecule has 148 valence electrons. The van der Waals surface area contributed by atoms with Gasteiger partial charge in [0, 0.05) is 51.5 Å². The van der Waals surface area contributed by atoms with Crippen LogP contribution in [0.4, 0.5) is 10.2 Å². The van der Waals surface area contributed by atoms with Gasteiger partial charge in [0.1, 0.15) is 0 Å². The highest BCUT2D eigenvalue weighted by Crippen LogP contribution is 2.22. The Morgan fingerprint density at radius 3 is 3.15 bits per heavy atom. The van der Waals surface area contributed by atoms with E-state index >= 15 is 0 Å². The van der Waals surface area contributed by atoms with E-state index in [0.717, 1.165) is 38.6 Å². The Balaban J connectivity index is 1.24. The van der Waals surface area contributed by atoms with Crippen molar-refractivity contribution in [2.45, 2.75) is 37.5 Å². The van der Waals surface area contributed by atoms with Crippen molar-refractivity contribution in [2.75, 3.05) is 51.3 Å². The Kier molecular flexibility index (Phi) is 5.73. The van der Waals surface area contributed by atoms with Gasteiger partial charge in [0.2, 0.25) is 0 Å². The number of aromatic nitrogens is 1. The first-order valence-electron chi connectivity index (χ1n) is 9.91. The summed E-state index contributed by atoms with van der Waals surface area (Å²) < 4.78 is 19.9. The number of fused-ring (bicyclic) bond motifs is 1. The van der Waals surface area contributed by atoms with Crippen LogP contribution in [0.1, 0.15) is 19.3 Å². The molecule has 0 radical (unpaired) electrons. The SMILES string of the molecule is CN=C(NCC1CN2CCCC2CO1)NC1CCN(c2ncccc2F)C1. The first-order chi connectivity index (χ1) is 13.2. The van der Waals surface area contributed by atoms with Gasteiger partial charge in [-0.25, -0.2) is 9.37 Å². The molecule has 0 bridgehead atoms. The molecule has 3 atom stereocenters. The fourth-order valence-electron chi connectivity index (χ4n) is 4.29. The minimum atomic E-state index is -0.268. The molecule has 0 amide bonds. The maximum absolute atomic E-state index is 13.9. The Morgan fingerprint density at radius 1 is 1.37 bits per heavy atom. The van der Waals surface area contributed by atoms with E-state index in [1.165, 1.54) is 25.5 Å². The van der Waals surface area contributed by atoms with Crippen LogP contribution in [0.3, 0.4) is 0 Å². The van der Waals surface area contributed by atoms with Crippen LogP contribution in [0, 0.1) is 5.82 Å². The summed E-state index contributed by atoms with van der Waals surface area (Å²) in [7, 11) is 1.78. The van der Waals surface area contributed by atoms with Crippen LogP contribution in [0.15, 0.2) is 23.3 Å². The van der Waals surface area contributed by atoms with Gasteiger partial charge in [-0.15, -0.1) is 0 Å². The van der Waals surface area contributed by atoms with Gasteiger partial charge in [0.15, 0.2) is 17.6 Å². The summed E-state index contributed by atoms with van der Waals surface area (Å²) in [5.74, 6) is 0.936. The summed E-state index contributed by atoms with van der Waals surface area (Å²) in [4.78, 5) is 13.0. The molecule has 3 aliphatic rings. The van der Waals surface area contributed by atoms with Gasteiger partial charge in [-0.1, -0.05) is 0 Å². The molecule has 1 aromatic heterocycles. The second-order valence-corrected chi connectivity index (χ2v) is 7.58. The van der Waals surface area contributed by atoms with Crippen molar-refractivity contribution in [1.29, 1.82) is 0 Å². The van der Waals surface area contributed by atoms with E-state index in [-0.39, 0.29) is 18.0 Å². The molecule has 0 spiro atoms. The average molecular weight is 376 g/mol. The van der Waals surface area contributed by atoms with E-state index in [2.05, 4.69) is 25.5 Å². The molecule has 0 aromatic carbocycles. The van der Waals surface area contributed by atoms with Crippen molar-refractivity contribution >= 4 is 11.8 Å². The maximum Gasteiger partial charge on any atom is 0.191 e. The quantitative estimate of drug-likeness (QED) is 0.599. The normalized spacial score (nSPS) is 29.0. The minimum absolute atomic E-state index is 0.195. The summed E-state index contributed by atoms with van der Waals surface area (Å²) in [6.45, 7) is 5.26. The summed E-state index contributed by atoms with van der Waals surface area (Å²) in [6, 6.07) is 3.91. The number of morpholine rings is 1. The van der Waals surface area contributed by atoms with Crippen LogP contribution in [0.5, 0.6) is 0 Å². The van der Waals surface area contributed by atoms with Gasteiger partial charge in [-0.2, -0.15) is 0 Å². The van der Waals surface area contributed by atoms with Crippen molar-refractivity contribution in [3.63, 3.8) is 0 Å². The Bertz CT molecular complexity index is 671. The number of pyridine rings is 1. The van der Waals surface area contributed by atoms with Crippen molar-refractivity contribution < 1.29 is 9.13 Å². The number of aliphatic imine (C=N–C) groups is 1. The lowest BCUT2D eigenvalue weighted by Gasteiger charge is -2.35. The number of guanidine groups is 1. The number of ether oxygens (including phenoxy) is 1. The van der Waals surface area contributed by atoms with Crippen LogP contribution >= 0.6 is 0 Å². The molecule has 4 heterocycles. The fourth-order valence-corrected chi connectivity index (χ4v) is 4.29. The zero-order valence-corrected chi connectivity index (χ0v) is 15.9. The van der Waals surface area contributed by atoms with E-state index in [4.69, 9.17) is 4.74 Å². The Hall–Kier alpha value is -1.93. The molecular formula is C19H29FN6O. The number of anilines is 1. The fraction of sp³-hybridized carbons (Fsp3) is 0.684. The highest BCUT2D eigenvalue weighted by Gasteiger charge is 2.32. The molecule has 3 unspecified atom stereocenters. The second kappa shape index (κ2) is 8.39. The number of hydrogen-bond donors (Lipinski definition) is 2. The first kappa shape index (κ1) is 18.4. The molecule has 0 saturated carbocycles. The minimum Gasteiger partial charge on any atom is -0.373 e. The summed E-state index contributed by atoms with van der Waals surface area (Å²) >= 11 is 0. The summed E-state index contributed by atoms with van der Waals surface area (Å²) in [5.41, 5.74) is 0. The van der Waals surface area contributed by atoms with E-state index in [1.807, 2.05) is 4.90 Å². The monoisotopic (exact) mass is 376 g/mol. The Labute approximate surface area is 160 Å². The first-order valence-corrected chi connectivity index (χ1v) is 9.91. The number of halogens is 1. The predicted molar refractivity (Wildman–Crippen MR) is 104 cm³/mol. The van der Waals surface area contributed by atoms with Crippen LogP contribution in [-0.2, 0) is 4.74 Å². The Morgan fingerprint density at radius 2 is 2.30 bits per heavy atom. The zero-order chi connectivity index (χ0) is 18.6. The van der Waals surface area contributed by atoms with Gasteiger partial charge < -0.3 is 20.3 Å². The van der Waals surface area contributed by atoms with Gasteiger partial charge in [0.25, 0.3) is 0 Å². The van der Waals surface area contributed by atoms with Gasteiger partial charge in [-0.3, -0.25) is 9.89 Å². The molecule has 3 saturated heterocycles. The largest absolute Gasteiger partial charge is 0.373 e. The third-order valence-corrected chi connectivity index (χ3v) is 5.75. The second-order valence-electron chi connectivity index (χ2n) is 7.58. The lowest BCUT2D eigenvalue weighted by Crippen LogP contribution is -2.52. The lowest BCUT2D eigenvalue weighted by molar-refractivity contribution is -0.0453. The van der Waals surface area contributed by atoms with Crippen LogP contribution in [0.2, 0.25) is 0 Å². The number of nitrogens with zero attached hydrogens (tertiary/aromatic N) is 4. The lowest BCUT2D eigenvalue weighted by atomic mass is 10.2. The number of hydrogen-bond acceptors (Lipinski definition) is 5. The molecule has 1 aromatic rings. The molecular weight excluding hydrogens is 347 g/mol. The molecule has 4 rings (SSSR count). The molecule has 7 nitrogen and oxygen atoms in total.